The highest BCUT2D eigenvalue weighted by molar-refractivity contribution is 7.99. The number of para-hydroxylation sites is 1. The van der Waals surface area contributed by atoms with Gasteiger partial charge in [0.25, 0.3) is 0 Å². The Balaban J connectivity index is 1.23. The summed E-state index contributed by atoms with van der Waals surface area (Å²) in [5.74, 6) is 0.916. The predicted octanol–water partition coefficient (Wildman–Crippen LogP) is 2.86. The number of rotatable bonds is 5. The lowest BCUT2D eigenvalue weighted by molar-refractivity contribution is -0.120. The molecular formula is C21H22N8OS. The molecule has 4 aromatic rings. The molecule has 1 aliphatic rings. The van der Waals surface area contributed by atoms with Gasteiger partial charge >= 0.3 is 0 Å². The fraction of sp³-hybridized carbons (Fsp3) is 0.286. The van der Waals surface area contributed by atoms with Gasteiger partial charge in [-0.1, -0.05) is 12.1 Å². The molecule has 5 rings (SSSR count). The van der Waals surface area contributed by atoms with Gasteiger partial charge < -0.3 is 14.8 Å². The highest BCUT2D eigenvalue weighted by Gasteiger charge is 2.26. The van der Waals surface area contributed by atoms with E-state index in [4.69, 9.17) is 0 Å². The second-order valence-electron chi connectivity index (χ2n) is 7.49. The first-order valence-corrected chi connectivity index (χ1v) is 11.0. The van der Waals surface area contributed by atoms with Crippen LogP contribution in [0.25, 0.3) is 5.65 Å². The second kappa shape index (κ2) is 8.38. The van der Waals surface area contributed by atoms with Gasteiger partial charge in [0.1, 0.15) is 12.1 Å². The summed E-state index contributed by atoms with van der Waals surface area (Å²) >= 11 is 1.54. The van der Waals surface area contributed by atoms with Crippen molar-refractivity contribution in [1.82, 2.24) is 29.4 Å². The van der Waals surface area contributed by atoms with Crippen molar-refractivity contribution in [3.63, 3.8) is 0 Å². The Labute approximate surface area is 183 Å². The van der Waals surface area contributed by atoms with Crippen LogP contribution in [-0.4, -0.2) is 48.4 Å². The molecule has 158 valence electrons. The maximum atomic E-state index is 13.0. The van der Waals surface area contributed by atoms with Crippen LogP contribution in [0.1, 0.15) is 12.8 Å². The van der Waals surface area contributed by atoms with Gasteiger partial charge in [-0.05, 0) is 48.9 Å². The lowest BCUT2D eigenvalue weighted by Crippen LogP contribution is -2.38. The van der Waals surface area contributed by atoms with Crippen LogP contribution in [-0.2, 0) is 11.8 Å². The lowest BCUT2D eigenvalue weighted by atomic mass is 9.96. The Bertz CT molecular complexity index is 1210. The average molecular weight is 435 g/mol. The number of aryl methyl sites for hydroxylation is 1. The summed E-state index contributed by atoms with van der Waals surface area (Å²) in [6, 6.07) is 11.7. The number of hydrogen-bond donors (Lipinski definition) is 1. The number of aromatic nitrogens is 6. The van der Waals surface area contributed by atoms with E-state index in [1.165, 1.54) is 0 Å². The van der Waals surface area contributed by atoms with E-state index in [0.717, 1.165) is 53.1 Å². The zero-order chi connectivity index (χ0) is 21.2. The Morgan fingerprint density at radius 3 is 2.81 bits per heavy atom. The summed E-state index contributed by atoms with van der Waals surface area (Å²) in [5.41, 5.74) is 1.54. The molecule has 1 N–H and O–H groups in total. The van der Waals surface area contributed by atoms with Crippen molar-refractivity contribution in [3.05, 3.63) is 55.1 Å². The van der Waals surface area contributed by atoms with Crippen LogP contribution >= 0.6 is 11.8 Å². The van der Waals surface area contributed by atoms with E-state index in [9.17, 15) is 4.79 Å². The third kappa shape index (κ3) is 4.11. The number of piperidine rings is 1. The monoisotopic (exact) mass is 434 g/mol. The van der Waals surface area contributed by atoms with Gasteiger partial charge in [0.05, 0.1) is 5.69 Å². The Hall–Kier alpha value is -3.40. The maximum Gasteiger partial charge on any atom is 0.227 e. The number of carbonyl (C=O) groups excluding carboxylic acids is 1. The standard InChI is InChI=1S/C21H22N8OS/c1-27-13-10-22-21(27)31-17-5-3-2-4-16(17)24-20(30)15-8-11-28(12-9-15)19-7-6-18-25-23-14-29(18)26-19/h2-7,10,13-15H,8-9,11-12H2,1H3,(H,24,30). The molecule has 0 aliphatic carbocycles. The summed E-state index contributed by atoms with van der Waals surface area (Å²) in [6.45, 7) is 1.56. The van der Waals surface area contributed by atoms with E-state index in [1.807, 2.05) is 54.2 Å². The van der Waals surface area contributed by atoms with Crippen molar-refractivity contribution in [2.45, 2.75) is 22.9 Å². The normalized spacial score (nSPS) is 14.8. The first kappa shape index (κ1) is 19.6. The predicted molar refractivity (Wildman–Crippen MR) is 118 cm³/mol. The first-order chi connectivity index (χ1) is 15.2. The summed E-state index contributed by atoms with van der Waals surface area (Å²) in [4.78, 5) is 20.5. The summed E-state index contributed by atoms with van der Waals surface area (Å²) in [6.07, 6.45) is 6.84. The molecule has 0 saturated carbocycles. The number of anilines is 2. The molecule has 3 aromatic heterocycles. The number of nitrogens with one attached hydrogen (secondary N) is 1. The zero-order valence-electron chi connectivity index (χ0n) is 17.0. The molecular weight excluding hydrogens is 412 g/mol. The zero-order valence-corrected chi connectivity index (χ0v) is 17.9. The number of fused-ring (bicyclic) bond motifs is 1. The molecule has 9 nitrogen and oxygen atoms in total. The van der Waals surface area contributed by atoms with Crippen molar-refractivity contribution < 1.29 is 4.79 Å². The molecule has 0 atom stereocenters. The molecule has 1 aliphatic heterocycles. The lowest BCUT2D eigenvalue weighted by Gasteiger charge is -2.32. The smallest absolute Gasteiger partial charge is 0.227 e. The van der Waals surface area contributed by atoms with Gasteiger partial charge in [-0.25, -0.2) is 4.98 Å². The van der Waals surface area contributed by atoms with Crippen molar-refractivity contribution >= 4 is 34.8 Å². The highest BCUT2D eigenvalue weighted by atomic mass is 32.2. The molecule has 0 bridgehead atoms. The second-order valence-corrected chi connectivity index (χ2v) is 8.50. The van der Waals surface area contributed by atoms with Crippen LogP contribution in [0.2, 0.25) is 0 Å². The minimum Gasteiger partial charge on any atom is -0.355 e. The summed E-state index contributed by atoms with van der Waals surface area (Å²) < 4.78 is 3.63. The van der Waals surface area contributed by atoms with E-state index in [1.54, 1.807) is 28.8 Å². The fourth-order valence-corrected chi connectivity index (χ4v) is 4.59. The summed E-state index contributed by atoms with van der Waals surface area (Å²) in [5, 5.41) is 16.4. The molecule has 1 saturated heterocycles. The molecule has 10 heteroatoms. The van der Waals surface area contributed by atoms with Crippen LogP contribution in [0, 0.1) is 5.92 Å². The molecule has 0 radical (unpaired) electrons. The van der Waals surface area contributed by atoms with Gasteiger partial charge in [0.15, 0.2) is 10.8 Å². The van der Waals surface area contributed by atoms with Crippen molar-refractivity contribution in [2.24, 2.45) is 13.0 Å². The number of hydrogen-bond acceptors (Lipinski definition) is 7. The number of imidazole rings is 1. The van der Waals surface area contributed by atoms with E-state index in [0.29, 0.717) is 0 Å². The van der Waals surface area contributed by atoms with Crippen LogP contribution in [0.15, 0.2) is 65.2 Å². The van der Waals surface area contributed by atoms with Crippen LogP contribution in [0.4, 0.5) is 11.5 Å². The average Bonchev–Trinajstić information content (AvgIpc) is 3.43. The topological polar surface area (TPSA) is 93.2 Å². The quantitative estimate of drug-likeness (QED) is 0.516. The minimum atomic E-state index is -0.0267. The van der Waals surface area contributed by atoms with Crippen molar-refractivity contribution in [3.8, 4) is 0 Å². The molecule has 1 aromatic carbocycles. The van der Waals surface area contributed by atoms with Crippen LogP contribution < -0.4 is 10.2 Å². The minimum absolute atomic E-state index is 0.0267. The summed E-state index contributed by atoms with van der Waals surface area (Å²) in [7, 11) is 1.96. The van der Waals surface area contributed by atoms with Gasteiger partial charge in [0.2, 0.25) is 5.91 Å². The molecule has 0 unspecified atom stereocenters. The van der Waals surface area contributed by atoms with Gasteiger partial charge in [-0.15, -0.1) is 15.3 Å². The number of carbonyl (C=O) groups is 1. The molecule has 1 fully saturated rings. The number of benzene rings is 1. The first-order valence-electron chi connectivity index (χ1n) is 10.1. The molecule has 4 heterocycles. The van der Waals surface area contributed by atoms with E-state index in [-0.39, 0.29) is 11.8 Å². The highest BCUT2D eigenvalue weighted by Crippen LogP contribution is 2.33. The fourth-order valence-electron chi connectivity index (χ4n) is 3.70. The SMILES string of the molecule is Cn1ccnc1Sc1ccccc1NC(=O)C1CCN(c2ccc3nncn3n2)CC1. The van der Waals surface area contributed by atoms with Crippen LogP contribution in [0.5, 0.6) is 0 Å². The number of nitrogens with zero attached hydrogens (tertiary/aromatic N) is 7. The third-order valence-electron chi connectivity index (χ3n) is 5.46. The van der Waals surface area contributed by atoms with Crippen LogP contribution in [0.3, 0.4) is 0 Å². The van der Waals surface area contributed by atoms with E-state index in [2.05, 4.69) is 30.5 Å². The molecule has 31 heavy (non-hydrogen) atoms. The largest absolute Gasteiger partial charge is 0.355 e. The Morgan fingerprint density at radius 1 is 1.16 bits per heavy atom. The molecule has 0 spiro atoms. The third-order valence-corrected chi connectivity index (χ3v) is 6.61. The van der Waals surface area contributed by atoms with Gasteiger partial charge in [-0.3, -0.25) is 4.79 Å². The Kier molecular flexibility index (Phi) is 5.29. The maximum absolute atomic E-state index is 13.0. The van der Waals surface area contributed by atoms with Gasteiger partial charge in [0, 0.05) is 43.3 Å². The number of amides is 1. The Morgan fingerprint density at radius 2 is 2.00 bits per heavy atom. The van der Waals surface area contributed by atoms with Crippen molar-refractivity contribution in [1.29, 1.82) is 0 Å². The van der Waals surface area contributed by atoms with E-state index < -0.39 is 0 Å². The van der Waals surface area contributed by atoms with Gasteiger partial charge in [-0.2, -0.15) is 4.52 Å². The van der Waals surface area contributed by atoms with E-state index >= 15 is 0 Å². The van der Waals surface area contributed by atoms with Crippen molar-refractivity contribution in [2.75, 3.05) is 23.3 Å². The molecule has 1 amide bonds.